The second kappa shape index (κ2) is 5.52. The molecule has 0 aromatic heterocycles. The highest BCUT2D eigenvalue weighted by molar-refractivity contribution is 7.85. The molecule has 0 aliphatic heterocycles. The van der Waals surface area contributed by atoms with Gasteiger partial charge in [0.15, 0.2) is 0 Å². The van der Waals surface area contributed by atoms with E-state index in [9.17, 15) is 16.8 Å². The molecule has 12 heteroatoms. The first-order valence-corrected chi connectivity index (χ1v) is 5.88. The number of hydrogen-bond acceptors (Lipinski definition) is 8. The van der Waals surface area contributed by atoms with Crippen LogP contribution in [0.15, 0.2) is 0 Å². The van der Waals surface area contributed by atoms with Gasteiger partial charge in [0.2, 0.25) is 0 Å². The molecule has 0 saturated heterocycles. The monoisotopic (exact) mass is 250 g/mol. The molecule has 0 heterocycles. The van der Waals surface area contributed by atoms with Crippen molar-refractivity contribution in [1.82, 2.24) is 9.66 Å². The standard InChI is InChI=1S/C2H10N4O6S2/c3-5-13(7,8)11-1-2-12-14(9,10)6-4/h5-6H,1-4H2. The Morgan fingerprint density at radius 2 is 1.14 bits per heavy atom. The van der Waals surface area contributed by atoms with Crippen molar-refractivity contribution in [3.8, 4) is 0 Å². The second-order valence-electron chi connectivity index (χ2n) is 1.79. The molecule has 6 N–H and O–H groups in total. The van der Waals surface area contributed by atoms with Crippen LogP contribution in [-0.2, 0) is 29.0 Å². The lowest BCUT2D eigenvalue weighted by atomic mass is 10.8. The zero-order chi connectivity index (χ0) is 11.2. The molecule has 0 rings (SSSR count). The highest BCUT2D eigenvalue weighted by Crippen LogP contribution is 1.88. The van der Waals surface area contributed by atoms with Crippen molar-refractivity contribution in [2.75, 3.05) is 13.2 Å². The Balaban J connectivity index is 3.79. The molecule has 0 aliphatic carbocycles. The summed E-state index contributed by atoms with van der Waals surface area (Å²) in [5.74, 6) is 9.09. The molecule has 0 unspecified atom stereocenters. The largest absolute Gasteiger partial charge is 0.348 e. The van der Waals surface area contributed by atoms with Crippen LogP contribution in [0.2, 0.25) is 0 Å². The molecule has 14 heavy (non-hydrogen) atoms. The Morgan fingerprint density at radius 3 is 1.36 bits per heavy atom. The molecule has 0 bridgehead atoms. The summed E-state index contributed by atoms with van der Waals surface area (Å²) in [7, 11) is -8.09. The zero-order valence-corrected chi connectivity index (χ0v) is 8.47. The third-order valence-electron chi connectivity index (χ3n) is 0.849. The van der Waals surface area contributed by atoms with E-state index < -0.39 is 33.8 Å². The highest BCUT2D eigenvalue weighted by atomic mass is 32.2. The fourth-order valence-corrected chi connectivity index (χ4v) is 1.07. The Hall–Kier alpha value is -0.340. The summed E-state index contributed by atoms with van der Waals surface area (Å²) >= 11 is 0. The van der Waals surface area contributed by atoms with E-state index >= 15 is 0 Å². The van der Waals surface area contributed by atoms with Gasteiger partial charge < -0.3 is 0 Å². The van der Waals surface area contributed by atoms with E-state index in [2.05, 4.69) is 20.1 Å². The van der Waals surface area contributed by atoms with Crippen LogP contribution in [0, 0.1) is 0 Å². The van der Waals surface area contributed by atoms with Gasteiger partial charge in [0.25, 0.3) is 0 Å². The van der Waals surface area contributed by atoms with Gasteiger partial charge in [-0.25, -0.2) is 0 Å². The van der Waals surface area contributed by atoms with Crippen LogP contribution in [0.4, 0.5) is 0 Å². The molecule has 0 atom stereocenters. The Morgan fingerprint density at radius 1 is 0.857 bits per heavy atom. The van der Waals surface area contributed by atoms with Gasteiger partial charge in [0.1, 0.15) is 0 Å². The fraction of sp³-hybridized carbons (Fsp3) is 1.00. The number of nitrogens with one attached hydrogen (secondary N) is 2. The molecular weight excluding hydrogens is 240 g/mol. The highest BCUT2D eigenvalue weighted by Gasteiger charge is 2.10. The Labute approximate surface area is 81.0 Å². The molecule has 0 saturated carbocycles. The van der Waals surface area contributed by atoms with Crippen LogP contribution < -0.4 is 21.3 Å². The predicted octanol–water partition coefficient (Wildman–Crippen LogP) is -3.56. The maximum atomic E-state index is 10.5. The van der Waals surface area contributed by atoms with Crippen molar-refractivity contribution < 1.29 is 25.2 Å². The average Bonchev–Trinajstić information content (AvgIpc) is 2.13. The summed E-state index contributed by atoms with van der Waals surface area (Å²) < 4.78 is 50.2. The van der Waals surface area contributed by atoms with Gasteiger partial charge in [-0.3, -0.25) is 20.1 Å². The molecule has 0 aromatic rings. The summed E-state index contributed by atoms with van der Waals surface area (Å²) in [6.45, 7) is -1.04. The minimum Gasteiger partial charge on any atom is -0.256 e. The van der Waals surface area contributed by atoms with Gasteiger partial charge in [-0.2, -0.15) is 16.8 Å². The van der Waals surface area contributed by atoms with Crippen molar-refractivity contribution >= 4 is 20.6 Å². The van der Waals surface area contributed by atoms with E-state index in [4.69, 9.17) is 0 Å². The molecule has 0 spiro atoms. The van der Waals surface area contributed by atoms with Crippen LogP contribution >= 0.6 is 0 Å². The molecule has 0 fully saturated rings. The predicted molar refractivity (Wildman–Crippen MR) is 44.4 cm³/mol. The normalized spacial score (nSPS) is 13.0. The SMILES string of the molecule is NNS(=O)(=O)OCCOS(=O)(=O)NN. The first-order chi connectivity index (χ1) is 6.33. The Kier molecular flexibility index (Phi) is 5.38. The summed E-state index contributed by atoms with van der Waals surface area (Å²) in [6.07, 6.45) is 0. The van der Waals surface area contributed by atoms with E-state index in [0.29, 0.717) is 0 Å². The van der Waals surface area contributed by atoms with E-state index in [1.807, 2.05) is 0 Å². The lowest BCUT2D eigenvalue weighted by molar-refractivity contribution is 0.220. The van der Waals surface area contributed by atoms with Crippen LogP contribution in [0.1, 0.15) is 0 Å². The van der Waals surface area contributed by atoms with Gasteiger partial charge in [0.05, 0.1) is 13.2 Å². The van der Waals surface area contributed by atoms with Crippen LogP contribution in [0.25, 0.3) is 0 Å². The van der Waals surface area contributed by atoms with E-state index in [0.717, 1.165) is 0 Å². The summed E-state index contributed by atoms with van der Waals surface area (Å²) in [4.78, 5) is 2.72. The van der Waals surface area contributed by atoms with E-state index in [1.165, 1.54) is 9.66 Å². The maximum absolute atomic E-state index is 10.5. The van der Waals surface area contributed by atoms with Gasteiger partial charge in [0, 0.05) is 0 Å². The van der Waals surface area contributed by atoms with Crippen molar-refractivity contribution in [1.29, 1.82) is 0 Å². The first kappa shape index (κ1) is 13.7. The lowest BCUT2D eigenvalue weighted by Crippen LogP contribution is -2.34. The third-order valence-corrected chi connectivity index (χ3v) is 2.38. The van der Waals surface area contributed by atoms with Crippen LogP contribution in [0.5, 0.6) is 0 Å². The molecule has 0 amide bonds. The number of hydrogen-bond donors (Lipinski definition) is 4. The van der Waals surface area contributed by atoms with Crippen molar-refractivity contribution in [3.05, 3.63) is 0 Å². The number of nitrogens with two attached hydrogens (primary N) is 2. The van der Waals surface area contributed by atoms with Crippen molar-refractivity contribution in [3.63, 3.8) is 0 Å². The average molecular weight is 250 g/mol. The Bertz CT molecular complexity index is 310. The summed E-state index contributed by atoms with van der Waals surface area (Å²) in [5, 5.41) is 0. The van der Waals surface area contributed by atoms with E-state index in [1.54, 1.807) is 0 Å². The lowest BCUT2D eigenvalue weighted by Gasteiger charge is -2.04. The van der Waals surface area contributed by atoms with Gasteiger partial charge >= 0.3 is 20.6 Å². The first-order valence-electron chi connectivity index (χ1n) is 3.06. The minimum atomic E-state index is -4.04. The summed E-state index contributed by atoms with van der Waals surface area (Å²) in [5.41, 5.74) is 0. The van der Waals surface area contributed by atoms with Gasteiger partial charge in [-0.15, -0.1) is 9.66 Å². The zero-order valence-electron chi connectivity index (χ0n) is 6.83. The molecule has 86 valence electrons. The van der Waals surface area contributed by atoms with Gasteiger partial charge in [-0.05, 0) is 0 Å². The van der Waals surface area contributed by atoms with Crippen LogP contribution in [0.3, 0.4) is 0 Å². The smallest absolute Gasteiger partial charge is 0.256 e. The number of hydrazine groups is 2. The molecule has 0 aliphatic rings. The maximum Gasteiger partial charge on any atom is 0.348 e. The van der Waals surface area contributed by atoms with Crippen molar-refractivity contribution in [2.45, 2.75) is 0 Å². The minimum absolute atomic E-state index is 0.520. The second-order valence-corrected chi connectivity index (χ2v) is 4.55. The summed E-state index contributed by atoms with van der Waals surface area (Å²) in [6, 6.07) is 0. The molecule has 0 radical (unpaired) electrons. The van der Waals surface area contributed by atoms with Gasteiger partial charge in [-0.1, -0.05) is 0 Å². The number of rotatable bonds is 7. The van der Waals surface area contributed by atoms with E-state index in [-0.39, 0.29) is 0 Å². The molecule has 10 nitrogen and oxygen atoms in total. The quantitative estimate of drug-likeness (QED) is 0.205. The topological polar surface area (TPSA) is 163 Å². The third kappa shape index (κ3) is 6.17. The van der Waals surface area contributed by atoms with Crippen LogP contribution in [-0.4, -0.2) is 30.0 Å². The molecule has 0 aromatic carbocycles. The molecular formula is C2H10N4O6S2. The van der Waals surface area contributed by atoms with Crippen molar-refractivity contribution in [2.24, 2.45) is 11.7 Å². The fourth-order valence-electron chi connectivity index (χ4n) is 0.355.